The van der Waals surface area contributed by atoms with Crippen LogP contribution < -0.4 is 9.47 Å². The van der Waals surface area contributed by atoms with Crippen molar-refractivity contribution in [2.45, 2.75) is 20.0 Å². The Kier molecular flexibility index (Phi) is 4.03. The second kappa shape index (κ2) is 5.95. The second-order valence-electron chi connectivity index (χ2n) is 5.05. The van der Waals surface area contributed by atoms with Crippen molar-refractivity contribution in [2.75, 3.05) is 13.3 Å². The van der Waals surface area contributed by atoms with Gasteiger partial charge in [0.1, 0.15) is 11.0 Å². The SMILES string of the molecule is CCN(Cc1ccc2c(c1)OCO2)Cc1ncc(Cl)n1C. The summed E-state index contributed by atoms with van der Waals surface area (Å²) in [5.41, 5.74) is 1.20. The number of hydrogen-bond donors (Lipinski definition) is 0. The molecule has 2 aromatic rings. The zero-order valence-corrected chi connectivity index (χ0v) is 12.9. The summed E-state index contributed by atoms with van der Waals surface area (Å²) in [7, 11) is 1.93. The summed E-state index contributed by atoms with van der Waals surface area (Å²) in [6.45, 7) is 4.96. The van der Waals surface area contributed by atoms with E-state index in [1.807, 2.05) is 23.7 Å². The number of imidazole rings is 1. The van der Waals surface area contributed by atoms with Crippen LogP contribution in [0.2, 0.25) is 5.15 Å². The van der Waals surface area contributed by atoms with E-state index in [2.05, 4.69) is 22.9 Å². The van der Waals surface area contributed by atoms with Crippen LogP contribution in [0.25, 0.3) is 0 Å². The van der Waals surface area contributed by atoms with Crippen LogP contribution in [0.1, 0.15) is 18.3 Å². The monoisotopic (exact) mass is 307 g/mol. The van der Waals surface area contributed by atoms with Crippen LogP contribution in [-0.4, -0.2) is 27.8 Å². The standard InChI is InChI=1S/C15H18ClN3O2/c1-3-19(9-15-17-7-14(16)18(15)2)8-11-4-5-12-13(6-11)21-10-20-12/h4-7H,3,8-10H2,1-2H3. The summed E-state index contributed by atoms with van der Waals surface area (Å²) in [5, 5.41) is 0.657. The first-order chi connectivity index (χ1) is 10.2. The Morgan fingerprint density at radius 2 is 2.10 bits per heavy atom. The molecule has 3 rings (SSSR count). The van der Waals surface area contributed by atoms with E-state index in [-0.39, 0.29) is 0 Å². The molecule has 1 aromatic carbocycles. The fourth-order valence-electron chi connectivity index (χ4n) is 2.35. The van der Waals surface area contributed by atoms with Crippen molar-refractivity contribution in [2.24, 2.45) is 7.05 Å². The molecule has 0 amide bonds. The summed E-state index contributed by atoms with van der Waals surface area (Å²) in [5.74, 6) is 2.60. The summed E-state index contributed by atoms with van der Waals surface area (Å²) in [6.07, 6.45) is 1.69. The zero-order chi connectivity index (χ0) is 14.8. The number of fused-ring (bicyclic) bond motifs is 1. The molecule has 6 heteroatoms. The van der Waals surface area contributed by atoms with Gasteiger partial charge >= 0.3 is 0 Å². The smallest absolute Gasteiger partial charge is 0.231 e. The van der Waals surface area contributed by atoms with E-state index in [0.717, 1.165) is 37.0 Å². The zero-order valence-electron chi connectivity index (χ0n) is 12.2. The Hall–Kier alpha value is -1.72. The topological polar surface area (TPSA) is 39.5 Å². The fraction of sp³-hybridized carbons (Fsp3) is 0.400. The van der Waals surface area contributed by atoms with Gasteiger partial charge in [-0.25, -0.2) is 4.98 Å². The minimum Gasteiger partial charge on any atom is -0.454 e. The molecule has 0 spiro atoms. The normalized spacial score (nSPS) is 13.1. The molecule has 1 aliphatic heterocycles. The lowest BCUT2D eigenvalue weighted by Crippen LogP contribution is -2.24. The number of ether oxygens (including phenoxy) is 2. The molecule has 0 aliphatic carbocycles. The number of nitrogens with zero attached hydrogens (tertiary/aromatic N) is 3. The lowest BCUT2D eigenvalue weighted by Gasteiger charge is -2.20. The van der Waals surface area contributed by atoms with Crippen LogP contribution in [0.3, 0.4) is 0 Å². The molecule has 0 saturated heterocycles. The molecule has 1 aliphatic rings. The fourth-order valence-corrected chi connectivity index (χ4v) is 2.49. The second-order valence-corrected chi connectivity index (χ2v) is 5.43. The molecule has 0 N–H and O–H groups in total. The third-order valence-corrected chi connectivity index (χ3v) is 4.03. The Bertz CT molecular complexity index is 642. The van der Waals surface area contributed by atoms with Crippen molar-refractivity contribution in [3.8, 4) is 11.5 Å². The average Bonchev–Trinajstić information content (AvgIpc) is 3.07. The maximum Gasteiger partial charge on any atom is 0.231 e. The summed E-state index contributed by atoms with van der Waals surface area (Å²) in [4.78, 5) is 6.65. The number of halogens is 1. The highest BCUT2D eigenvalue weighted by Gasteiger charge is 2.15. The minimum atomic E-state index is 0.308. The van der Waals surface area contributed by atoms with Gasteiger partial charge in [0.2, 0.25) is 6.79 Å². The van der Waals surface area contributed by atoms with Crippen molar-refractivity contribution in [3.63, 3.8) is 0 Å². The van der Waals surface area contributed by atoms with Crippen molar-refractivity contribution in [1.82, 2.24) is 14.5 Å². The first-order valence-corrected chi connectivity index (χ1v) is 7.32. The third-order valence-electron chi connectivity index (χ3n) is 3.68. The molecule has 0 unspecified atom stereocenters. The number of benzene rings is 1. The van der Waals surface area contributed by atoms with E-state index in [9.17, 15) is 0 Å². The van der Waals surface area contributed by atoms with Crippen LogP contribution in [-0.2, 0) is 20.1 Å². The lowest BCUT2D eigenvalue weighted by atomic mass is 10.2. The number of hydrogen-bond acceptors (Lipinski definition) is 4. The Balaban J connectivity index is 1.71. The van der Waals surface area contributed by atoms with Gasteiger partial charge in [0.15, 0.2) is 11.5 Å². The number of aromatic nitrogens is 2. The molecular weight excluding hydrogens is 290 g/mol. The van der Waals surface area contributed by atoms with Crippen LogP contribution in [0, 0.1) is 0 Å². The van der Waals surface area contributed by atoms with Gasteiger partial charge in [-0.1, -0.05) is 24.6 Å². The third kappa shape index (κ3) is 2.99. The molecule has 1 aromatic heterocycles. The maximum atomic E-state index is 6.03. The first kappa shape index (κ1) is 14.2. The van der Waals surface area contributed by atoms with E-state index in [4.69, 9.17) is 21.1 Å². The van der Waals surface area contributed by atoms with Crippen LogP contribution in [0.4, 0.5) is 0 Å². The Labute approximate surface area is 129 Å². The van der Waals surface area contributed by atoms with Gasteiger partial charge in [-0.2, -0.15) is 0 Å². The largest absolute Gasteiger partial charge is 0.454 e. The molecule has 112 valence electrons. The quantitative estimate of drug-likeness (QED) is 0.851. The molecule has 0 fully saturated rings. The highest BCUT2D eigenvalue weighted by molar-refractivity contribution is 6.29. The molecule has 0 atom stereocenters. The van der Waals surface area contributed by atoms with E-state index in [1.54, 1.807) is 6.20 Å². The highest BCUT2D eigenvalue weighted by Crippen LogP contribution is 2.32. The van der Waals surface area contributed by atoms with Gasteiger partial charge in [-0.15, -0.1) is 0 Å². The summed E-state index contributed by atoms with van der Waals surface area (Å²) in [6, 6.07) is 6.07. The van der Waals surface area contributed by atoms with E-state index < -0.39 is 0 Å². The van der Waals surface area contributed by atoms with Crippen LogP contribution in [0.5, 0.6) is 11.5 Å². The van der Waals surface area contributed by atoms with Crippen molar-refractivity contribution in [1.29, 1.82) is 0 Å². The van der Waals surface area contributed by atoms with E-state index in [0.29, 0.717) is 11.9 Å². The predicted molar refractivity (Wildman–Crippen MR) is 80.6 cm³/mol. The van der Waals surface area contributed by atoms with Gasteiger partial charge in [-0.3, -0.25) is 4.90 Å². The van der Waals surface area contributed by atoms with Crippen molar-refractivity contribution < 1.29 is 9.47 Å². The Morgan fingerprint density at radius 1 is 1.29 bits per heavy atom. The van der Waals surface area contributed by atoms with Crippen LogP contribution in [0.15, 0.2) is 24.4 Å². The van der Waals surface area contributed by atoms with E-state index >= 15 is 0 Å². The summed E-state index contributed by atoms with van der Waals surface area (Å²) >= 11 is 6.03. The number of rotatable bonds is 5. The van der Waals surface area contributed by atoms with Gasteiger partial charge in [0.25, 0.3) is 0 Å². The molecule has 0 bridgehead atoms. The minimum absolute atomic E-state index is 0.308. The molecule has 2 heterocycles. The van der Waals surface area contributed by atoms with Gasteiger partial charge < -0.3 is 14.0 Å². The Morgan fingerprint density at radius 3 is 2.81 bits per heavy atom. The molecule has 0 radical (unpaired) electrons. The van der Waals surface area contributed by atoms with Gasteiger partial charge in [-0.05, 0) is 24.2 Å². The first-order valence-electron chi connectivity index (χ1n) is 6.94. The van der Waals surface area contributed by atoms with Gasteiger partial charge in [0.05, 0.1) is 12.7 Å². The summed E-state index contributed by atoms with van der Waals surface area (Å²) < 4.78 is 12.7. The average molecular weight is 308 g/mol. The highest BCUT2D eigenvalue weighted by atomic mass is 35.5. The van der Waals surface area contributed by atoms with E-state index in [1.165, 1.54) is 5.56 Å². The van der Waals surface area contributed by atoms with Crippen LogP contribution >= 0.6 is 11.6 Å². The predicted octanol–water partition coefficient (Wildman–Crippen LogP) is 2.82. The molecule has 21 heavy (non-hydrogen) atoms. The molecule has 5 nitrogen and oxygen atoms in total. The van der Waals surface area contributed by atoms with Crippen molar-refractivity contribution >= 4 is 11.6 Å². The van der Waals surface area contributed by atoms with Crippen molar-refractivity contribution in [3.05, 3.63) is 40.9 Å². The molecular formula is C15H18ClN3O2. The maximum absolute atomic E-state index is 6.03. The van der Waals surface area contributed by atoms with Gasteiger partial charge in [0, 0.05) is 13.6 Å². The lowest BCUT2D eigenvalue weighted by molar-refractivity contribution is 0.174. The molecule has 0 saturated carbocycles.